The molecule has 0 spiro atoms. The molecule has 6 nitrogen and oxygen atoms in total. The molecule has 1 aromatic rings. The Bertz CT molecular complexity index is 616. The van der Waals surface area contributed by atoms with E-state index in [2.05, 4.69) is 0 Å². The number of nitrogens with zero attached hydrogens (tertiary/aromatic N) is 1. The number of nitro groups is 1. The Morgan fingerprint density at radius 3 is 2.28 bits per heavy atom. The molecule has 0 radical (unpaired) electrons. The van der Waals surface area contributed by atoms with Crippen molar-refractivity contribution in [1.82, 2.24) is 0 Å². The Labute approximate surface area is 104 Å². The number of non-ortho nitro benzene ring substituents is 1. The lowest BCUT2D eigenvalue weighted by atomic mass is 10.1. The van der Waals surface area contributed by atoms with Gasteiger partial charge in [0, 0.05) is 33.9 Å². The molecule has 98 valence electrons. The van der Waals surface area contributed by atoms with Crippen molar-refractivity contribution in [1.29, 1.82) is 0 Å². The second kappa shape index (κ2) is 4.94. The molecule has 0 N–H and O–H groups in total. The Balaban J connectivity index is 3.79. The molecule has 0 amide bonds. The molecule has 0 fully saturated rings. The van der Waals surface area contributed by atoms with Crippen LogP contribution >= 0.6 is 10.7 Å². The summed E-state index contributed by atoms with van der Waals surface area (Å²) in [6.07, 6.45) is -3.41. The third kappa shape index (κ3) is 2.79. The first-order chi connectivity index (χ1) is 8.18. The monoisotopic (exact) mass is 299 g/mol. The number of carbonyl (C=O) groups excluding carboxylic acids is 1. The van der Waals surface area contributed by atoms with Crippen molar-refractivity contribution in [3.8, 4) is 0 Å². The molecule has 0 aliphatic rings. The van der Waals surface area contributed by atoms with Crippen molar-refractivity contribution in [2.75, 3.05) is 0 Å². The highest BCUT2D eigenvalue weighted by Crippen LogP contribution is 2.34. The number of benzene rings is 1. The van der Waals surface area contributed by atoms with E-state index in [-0.39, 0.29) is 6.29 Å². The number of alkyl halides is 2. The van der Waals surface area contributed by atoms with Crippen LogP contribution in [0.5, 0.6) is 0 Å². The van der Waals surface area contributed by atoms with Crippen LogP contribution in [0.3, 0.4) is 0 Å². The number of hydrogen-bond acceptors (Lipinski definition) is 5. The standard InChI is InChI=1S/C8H4ClF2NO5S/c9-18(16,17)6-2-5(12(14)15)1-4(3-13)7(6)8(10)11/h1-3,8H. The average Bonchev–Trinajstić information content (AvgIpc) is 2.25. The van der Waals surface area contributed by atoms with Crippen LogP contribution in [0.1, 0.15) is 22.3 Å². The molecule has 1 aromatic carbocycles. The minimum atomic E-state index is -4.64. The number of nitro benzene ring substituents is 1. The quantitative estimate of drug-likeness (QED) is 0.368. The van der Waals surface area contributed by atoms with Crippen LogP contribution in [-0.4, -0.2) is 19.6 Å². The summed E-state index contributed by atoms with van der Waals surface area (Å²) in [7, 11) is 0.276. The van der Waals surface area contributed by atoms with E-state index in [4.69, 9.17) is 10.7 Å². The van der Waals surface area contributed by atoms with Gasteiger partial charge in [-0.1, -0.05) is 0 Å². The predicted octanol–water partition coefficient (Wildman–Crippen LogP) is 2.27. The van der Waals surface area contributed by atoms with Gasteiger partial charge in [-0.05, 0) is 0 Å². The Hall–Kier alpha value is -1.61. The van der Waals surface area contributed by atoms with E-state index in [1.165, 1.54) is 0 Å². The van der Waals surface area contributed by atoms with Crippen LogP contribution < -0.4 is 0 Å². The van der Waals surface area contributed by atoms with Gasteiger partial charge in [0.15, 0.2) is 6.29 Å². The molecule has 0 saturated carbocycles. The first-order valence-electron chi connectivity index (χ1n) is 4.18. The fourth-order valence-electron chi connectivity index (χ4n) is 1.27. The minimum absolute atomic E-state index is 0.0972. The molecular weight excluding hydrogens is 296 g/mol. The SMILES string of the molecule is O=Cc1cc([N+](=O)[O-])cc(S(=O)(=O)Cl)c1C(F)F. The highest BCUT2D eigenvalue weighted by atomic mass is 35.7. The van der Waals surface area contributed by atoms with Crippen molar-refractivity contribution in [2.24, 2.45) is 0 Å². The van der Waals surface area contributed by atoms with Gasteiger partial charge < -0.3 is 0 Å². The molecule has 0 atom stereocenters. The van der Waals surface area contributed by atoms with E-state index < -0.39 is 42.1 Å². The molecule has 18 heavy (non-hydrogen) atoms. The van der Waals surface area contributed by atoms with Crippen LogP contribution in [0.15, 0.2) is 17.0 Å². The smallest absolute Gasteiger partial charge is 0.271 e. The van der Waals surface area contributed by atoms with E-state index >= 15 is 0 Å². The van der Waals surface area contributed by atoms with Crippen molar-refractivity contribution >= 4 is 31.7 Å². The van der Waals surface area contributed by atoms with Crippen molar-refractivity contribution < 1.29 is 26.9 Å². The summed E-state index contributed by atoms with van der Waals surface area (Å²) in [5.41, 5.74) is -2.76. The van der Waals surface area contributed by atoms with Gasteiger partial charge in [0.2, 0.25) is 0 Å². The van der Waals surface area contributed by atoms with Gasteiger partial charge in [-0.3, -0.25) is 14.9 Å². The summed E-state index contributed by atoms with van der Waals surface area (Å²) in [4.78, 5) is 18.9. The van der Waals surface area contributed by atoms with Crippen LogP contribution in [0.4, 0.5) is 14.5 Å². The van der Waals surface area contributed by atoms with E-state index in [1.807, 2.05) is 0 Å². The maximum absolute atomic E-state index is 12.7. The lowest BCUT2D eigenvalue weighted by Crippen LogP contribution is -2.05. The summed E-state index contributed by atoms with van der Waals surface area (Å²) in [6, 6.07) is 0.941. The number of carbonyl (C=O) groups is 1. The summed E-state index contributed by atoms with van der Waals surface area (Å²) >= 11 is 0. The maximum Gasteiger partial charge on any atom is 0.271 e. The number of halogens is 3. The van der Waals surface area contributed by atoms with E-state index in [0.717, 1.165) is 0 Å². The van der Waals surface area contributed by atoms with Crippen LogP contribution in [0, 0.1) is 10.1 Å². The molecule has 0 aliphatic heterocycles. The highest BCUT2D eigenvalue weighted by Gasteiger charge is 2.28. The van der Waals surface area contributed by atoms with Gasteiger partial charge in [-0.2, -0.15) is 0 Å². The van der Waals surface area contributed by atoms with Crippen molar-refractivity contribution in [3.63, 3.8) is 0 Å². The van der Waals surface area contributed by atoms with Crippen molar-refractivity contribution in [2.45, 2.75) is 11.3 Å². The lowest BCUT2D eigenvalue weighted by molar-refractivity contribution is -0.385. The zero-order chi connectivity index (χ0) is 14.1. The predicted molar refractivity (Wildman–Crippen MR) is 56.5 cm³/mol. The van der Waals surface area contributed by atoms with Gasteiger partial charge in [-0.25, -0.2) is 17.2 Å². The fraction of sp³-hybridized carbons (Fsp3) is 0.125. The molecule has 0 aliphatic carbocycles. The summed E-state index contributed by atoms with van der Waals surface area (Å²) in [6.45, 7) is 0. The largest absolute Gasteiger partial charge is 0.298 e. The van der Waals surface area contributed by atoms with E-state index in [9.17, 15) is 32.1 Å². The molecular formula is C8H4ClF2NO5S. The van der Waals surface area contributed by atoms with E-state index in [0.29, 0.717) is 12.1 Å². The third-order valence-corrected chi connectivity index (χ3v) is 3.34. The molecule has 0 aromatic heterocycles. The van der Waals surface area contributed by atoms with Gasteiger partial charge in [0.1, 0.15) is 0 Å². The summed E-state index contributed by atoms with van der Waals surface area (Å²) < 4.78 is 47.6. The highest BCUT2D eigenvalue weighted by molar-refractivity contribution is 8.13. The second-order valence-corrected chi connectivity index (χ2v) is 5.59. The fourth-order valence-corrected chi connectivity index (χ4v) is 2.39. The van der Waals surface area contributed by atoms with Gasteiger partial charge in [0.05, 0.1) is 9.82 Å². The van der Waals surface area contributed by atoms with Crippen LogP contribution in [0.2, 0.25) is 0 Å². The zero-order valence-corrected chi connectivity index (χ0v) is 9.91. The minimum Gasteiger partial charge on any atom is -0.298 e. The molecule has 0 unspecified atom stereocenters. The Kier molecular flexibility index (Phi) is 3.97. The van der Waals surface area contributed by atoms with Gasteiger partial charge >= 0.3 is 0 Å². The topological polar surface area (TPSA) is 94.3 Å². The Morgan fingerprint density at radius 2 is 1.94 bits per heavy atom. The average molecular weight is 300 g/mol. The van der Waals surface area contributed by atoms with Gasteiger partial charge in [0.25, 0.3) is 21.2 Å². The maximum atomic E-state index is 12.7. The Morgan fingerprint density at radius 1 is 1.39 bits per heavy atom. The number of rotatable bonds is 4. The third-order valence-electron chi connectivity index (χ3n) is 1.98. The summed E-state index contributed by atoms with van der Waals surface area (Å²) in [5.74, 6) is 0. The van der Waals surface area contributed by atoms with Crippen LogP contribution in [-0.2, 0) is 9.05 Å². The number of hydrogen-bond donors (Lipinski definition) is 0. The lowest BCUT2D eigenvalue weighted by Gasteiger charge is -2.08. The van der Waals surface area contributed by atoms with Gasteiger partial charge in [-0.15, -0.1) is 0 Å². The van der Waals surface area contributed by atoms with E-state index in [1.54, 1.807) is 0 Å². The zero-order valence-electron chi connectivity index (χ0n) is 8.34. The first-order valence-corrected chi connectivity index (χ1v) is 6.49. The molecule has 0 saturated heterocycles. The molecule has 0 heterocycles. The number of aldehydes is 1. The van der Waals surface area contributed by atoms with Crippen molar-refractivity contribution in [3.05, 3.63) is 33.4 Å². The molecule has 1 rings (SSSR count). The second-order valence-electron chi connectivity index (χ2n) is 3.06. The molecule has 0 bridgehead atoms. The normalized spacial score (nSPS) is 11.6. The summed E-state index contributed by atoms with van der Waals surface area (Å²) in [5, 5.41) is 10.5. The first kappa shape index (κ1) is 14.5. The van der Waals surface area contributed by atoms with Crippen LogP contribution in [0.25, 0.3) is 0 Å². The molecule has 10 heteroatoms.